The average Bonchev–Trinajstić information content (AvgIpc) is 3.31. The summed E-state index contributed by atoms with van der Waals surface area (Å²) < 4.78 is 103. The topological polar surface area (TPSA) is 93.2 Å². The number of rotatable bonds is 10. The highest BCUT2D eigenvalue weighted by Gasteiger charge is 2.60. The fourth-order valence-electron chi connectivity index (χ4n) is 9.51. The van der Waals surface area contributed by atoms with Crippen molar-refractivity contribution in [1.82, 2.24) is 9.80 Å². The lowest BCUT2D eigenvalue weighted by molar-refractivity contribution is -0.284. The van der Waals surface area contributed by atoms with Crippen molar-refractivity contribution in [3.05, 3.63) is 29.3 Å². The number of carbonyl (C=O) groups excluding carboxylic acids is 3. The highest BCUT2D eigenvalue weighted by Crippen LogP contribution is 2.62. The number of hydrogen-bond donors (Lipinski definition) is 0. The highest BCUT2D eigenvalue weighted by atomic mass is 32.2. The van der Waals surface area contributed by atoms with Crippen molar-refractivity contribution in [2.75, 3.05) is 44.4 Å². The molecule has 4 fully saturated rings. The van der Waals surface area contributed by atoms with Crippen molar-refractivity contribution in [2.45, 2.75) is 101 Å². The first-order valence-corrected chi connectivity index (χ1v) is 19.5. The molecule has 284 valence electrons. The van der Waals surface area contributed by atoms with Crippen LogP contribution < -0.4 is 4.74 Å². The molecule has 3 aliphatic carbocycles. The number of ether oxygens (including phenoxy) is 2. The Morgan fingerprint density at radius 2 is 1.78 bits per heavy atom. The van der Waals surface area contributed by atoms with Crippen LogP contribution in [-0.2, 0) is 31.5 Å². The van der Waals surface area contributed by atoms with Gasteiger partial charge in [0.2, 0.25) is 5.91 Å². The van der Waals surface area contributed by atoms with E-state index in [1.807, 2.05) is 24.0 Å². The van der Waals surface area contributed by atoms with Crippen molar-refractivity contribution < 1.29 is 54.4 Å². The summed E-state index contributed by atoms with van der Waals surface area (Å²) >= 11 is 0. The average molecular weight is 749 g/mol. The van der Waals surface area contributed by atoms with E-state index in [0.717, 1.165) is 11.1 Å². The Morgan fingerprint density at radius 3 is 2.49 bits per heavy atom. The maximum atomic E-state index is 15.0. The second kappa shape index (κ2) is 15.0. The Bertz CT molecular complexity index is 1500. The minimum Gasteiger partial charge on any atom is -0.410 e. The number of fused-ring (bicyclic) bond motifs is 5. The number of hydrogen-bond acceptors (Lipinski definition) is 6. The zero-order chi connectivity index (χ0) is 36.7. The quantitative estimate of drug-likeness (QED) is 0.250. The van der Waals surface area contributed by atoms with Crippen LogP contribution in [0, 0.1) is 23.2 Å². The Labute approximate surface area is 296 Å². The molecular weight excluding hydrogens is 702 g/mol. The van der Waals surface area contributed by atoms with Crippen LogP contribution in [0.4, 0.5) is 31.1 Å². The number of nitrogens with zero attached hydrogens (tertiary/aromatic N) is 2. The largest absolute Gasteiger partial charge is 0.453 e. The Balaban J connectivity index is 1.11. The van der Waals surface area contributed by atoms with Gasteiger partial charge in [-0.05, 0) is 105 Å². The lowest BCUT2D eigenvalue weighted by atomic mass is 9.52. The summed E-state index contributed by atoms with van der Waals surface area (Å²) in [6.45, 7) is 3.88. The Kier molecular flexibility index (Phi) is 11.2. The molecule has 1 aromatic rings. The fraction of sp³-hybridized carbons (Fsp3) is 0.750. The van der Waals surface area contributed by atoms with Gasteiger partial charge in [0, 0.05) is 59.8 Å². The van der Waals surface area contributed by atoms with E-state index in [-0.39, 0.29) is 65.9 Å². The first-order chi connectivity index (χ1) is 24.1. The van der Waals surface area contributed by atoms with Gasteiger partial charge in [-0.15, -0.1) is 0 Å². The van der Waals surface area contributed by atoms with Gasteiger partial charge >= 0.3 is 18.2 Å². The maximum Gasteiger partial charge on any atom is 0.453 e. The fourth-order valence-corrected chi connectivity index (χ4v) is 10.7. The van der Waals surface area contributed by atoms with Crippen LogP contribution in [0.15, 0.2) is 18.2 Å². The van der Waals surface area contributed by atoms with Crippen LogP contribution >= 0.6 is 0 Å². The van der Waals surface area contributed by atoms with Crippen molar-refractivity contribution in [1.29, 1.82) is 0 Å². The number of piperidine rings is 1. The standard InChI is InChI=1S/C36H46F6N2O6S/c1-34-11-7-27-26-6-5-25(50-33(47)43-12-8-24(9-13-43)44-14-15-49-21-30(44)45)19-23(26)18-22(31(27)28(34)20-29(37)32(34)46)4-2-16-51(48)17-3-10-35(38,39)36(40,41)42/h5-6,19,22,24,27-29,31H,2-4,7-18,20-21H2,1H3/t22-,27-,28+,29?,31-,34+,51?/m1/s1. The van der Waals surface area contributed by atoms with Crippen LogP contribution in [0.1, 0.15) is 81.8 Å². The first kappa shape index (κ1) is 38.1. The third-order valence-corrected chi connectivity index (χ3v) is 13.7. The number of benzene rings is 1. The van der Waals surface area contributed by atoms with E-state index in [1.54, 1.807) is 11.0 Å². The van der Waals surface area contributed by atoms with Gasteiger partial charge in [-0.2, -0.15) is 22.0 Å². The number of morpholine rings is 1. The number of halogens is 6. The molecule has 8 nitrogen and oxygen atoms in total. The summed E-state index contributed by atoms with van der Waals surface area (Å²) in [5, 5.41) is 0. The van der Waals surface area contributed by atoms with Gasteiger partial charge in [0.05, 0.1) is 6.61 Å². The summed E-state index contributed by atoms with van der Waals surface area (Å²) in [6.07, 6.45) is -5.35. The number of ketones is 1. The molecule has 2 heterocycles. The number of Topliss-reactive ketones (excluding diaryl/α,β-unsaturated/α-hetero) is 1. The van der Waals surface area contributed by atoms with E-state index in [9.17, 15) is 44.9 Å². The van der Waals surface area contributed by atoms with E-state index in [4.69, 9.17) is 9.47 Å². The van der Waals surface area contributed by atoms with Gasteiger partial charge in [-0.3, -0.25) is 13.8 Å². The van der Waals surface area contributed by atoms with Crippen LogP contribution in [-0.4, -0.2) is 100 Å². The summed E-state index contributed by atoms with van der Waals surface area (Å²) in [6, 6.07) is 5.64. The minimum atomic E-state index is -5.64. The number of amides is 2. The third-order valence-electron chi connectivity index (χ3n) is 12.2. The summed E-state index contributed by atoms with van der Waals surface area (Å²) in [4.78, 5) is 41.9. The normalized spacial score (nSPS) is 30.8. The summed E-state index contributed by atoms with van der Waals surface area (Å²) in [5.41, 5.74) is 1.29. The van der Waals surface area contributed by atoms with Crippen molar-refractivity contribution >= 4 is 28.6 Å². The van der Waals surface area contributed by atoms with Crippen molar-refractivity contribution in [3.8, 4) is 5.75 Å². The van der Waals surface area contributed by atoms with Gasteiger partial charge < -0.3 is 19.3 Å². The smallest absolute Gasteiger partial charge is 0.410 e. The van der Waals surface area contributed by atoms with Crippen LogP contribution in [0.2, 0.25) is 0 Å². The van der Waals surface area contributed by atoms with E-state index >= 15 is 0 Å². The highest BCUT2D eigenvalue weighted by molar-refractivity contribution is 7.84. The van der Waals surface area contributed by atoms with Crippen LogP contribution in [0.5, 0.6) is 5.75 Å². The third kappa shape index (κ3) is 7.84. The second-order valence-electron chi connectivity index (χ2n) is 15.2. The zero-order valence-corrected chi connectivity index (χ0v) is 29.6. The molecule has 0 N–H and O–H groups in total. The minimum absolute atomic E-state index is 0.0205. The van der Waals surface area contributed by atoms with Crippen LogP contribution in [0.3, 0.4) is 0 Å². The number of likely N-dealkylation sites (tertiary alicyclic amines) is 1. The van der Waals surface area contributed by atoms with Crippen LogP contribution in [0.25, 0.3) is 0 Å². The van der Waals surface area contributed by atoms with Gasteiger partial charge in [0.25, 0.3) is 0 Å². The molecule has 0 aromatic heterocycles. The molecule has 0 radical (unpaired) electrons. The molecule has 7 atom stereocenters. The molecule has 51 heavy (non-hydrogen) atoms. The Morgan fingerprint density at radius 1 is 1.06 bits per heavy atom. The second-order valence-corrected chi connectivity index (χ2v) is 16.9. The molecule has 2 unspecified atom stereocenters. The first-order valence-electron chi connectivity index (χ1n) is 18.0. The predicted molar refractivity (Wildman–Crippen MR) is 176 cm³/mol. The maximum absolute atomic E-state index is 15.0. The molecule has 2 saturated carbocycles. The van der Waals surface area contributed by atoms with Gasteiger partial charge in [0.15, 0.2) is 12.0 Å². The molecule has 2 aliphatic heterocycles. The molecule has 2 saturated heterocycles. The monoisotopic (exact) mass is 748 g/mol. The van der Waals surface area contributed by atoms with Gasteiger partial charge in [0.1, 0.15) is 12.4 Å². The van der Waals surface area contributed by atoms with Gasteiger partial charge in [-0.1, -0.05) is 13.0 Å². The molecule has 2 amide bonds. The van der Waals surface area contributed by atoms with E-state index in [1.165, 1.54) is 0 Å². The van der Waals surface area contributed by atoms with E-state index in [0.29, 0.717) is 76.9 Å². The molecule has 15 heteroatoms. The molecular formula is C36H46F6N2O6S. The molecule has 0 bridgehead atoms. The van der Waals surface area contributed by atoms with E-state index in [2.05, 4.69) is 0 Å². The molecule has 6 rings (SSSR count). The number of alkyl halides is 6. The molecule has 5 aliphatic rings. The lowest BCUT2D eigenvalue weighted by Crippen LogP contribution is -2.52. The van der Waals surface area contributed by atoms with Gasteiger partial charge in [-0.25, -0.2) is 9.18 Å². The van der Waals surface area contributed by atoms with Crippen molar-refractivity contribution in [2.24, 2.45) is 23.2 Å². The summed E-state index contributed by atoms with van der Waals surface area (Å²) in [5.74, 6) is -5.13. The lowest BCUT2D eigenvalue weighted by Gasteiger charge is -2.51. The Hall–Kier alpha value is -2.68. The SMILES string of the molecule is C[C@]12CC[C@@H]3c4ccc(OC(=O)N5CCC(N6CCOCC6=O)CC5)cc4C[C@@H](CCCS(=O)CCCC(F)(F)C(F)(F)F)[C@H]3[C@@H]1CC(F)C2=O. The van der Waals surface area contributed by atoms with E-state index < -0.39 is 53.4 Å². The molecule has 1 aromatic carbocycles. The zero-order valence-electron chi connectivity index (χ0n) is 28.7. The predicted octanol–water partition coefficient (Wildman–Crippen LogP) is 6.61. The van der Waals surface area contributed by atoms with Crippen molar-refractivity contribution in [3.63, 3.8) is 0 Å². The molecule has 0 spiro atoms. The number of carbonyl (C=O) groups is 3. The summed E-state index contributed by atoms with van der Waals surface area (Å²) in [7, 11) is -1.59.